The van der Waals surface area contributed by atoms with Gasteiger partial charge < -0.3 is 14.2 Å². The van der Waals surface area contributed by atoms with Gasteiger partial charge in [-0.3, -0.25) is 0 Å². The Morgan fingerprint density at radius 1 is 1.04 bits per heavy atom. The van der Waals surface area contributed by atoms with Crippen molar-refractivity contribution in [2.24, 2.45) is 9.98 Å². The molecule has 9 heteroatoms. The van der Waals surface area contributed by atoms with Gasteiger partial charge in [0.1, 0.15) is 6.61 Å². The molecule has 0 rings (SSSR count). The molecule has 0 aromatic heterocycles. The van der Waals surface area contributed by atoms with E-state index in [0.717, 1.165) is 0 Å². The highest BCUT2D eigenvalue weighted by molar-refractivity contribution is 5.87. The van der Waals surface area contributed by atoms with E-state index in [9.17, 15) is 19.2 Å². The molecular formula is C16H20N2O7. The molecule has 0 fully saturated rings. The lowest BCUT2D eigenvalue weighted by Crippen LogP contribution is -2.47. The second-order valence-corrected chi connectivity index (χ2v) is 4.91. The maximum absolute atomic E-state index is 11.9. The van der Waals surface area contributed by atoms with Crippen LogP contribution in [-0.2, 0) is 33.4 Å². The Morgan fingerprint density at radius 3 is 1.96 bits per heavy atom. The summed E-state index contributed by atoms with van der Waals surface area (Å²) in [6.07, 6.45) is 0.913. The van der Waals surface area contributed by atoms with Crippen LogP contribution in [0.5, 0.6) is 0 Å². The van der Waals surface area contributed by atoms with Crippen LogP contribution < -0.4 is 0 Å². The summed E-state index contributed by atoms with van der Waals surface area (Å²) in [4.78, 5) is 51.0. The van der Waals surface area contributed by atoms with Crippen molar-refractivity contribution in [3.05, 3.63) is 24.3 Å². The van der Waals surface area contributed by atoms with Gasteiger partial charge in [0.25, 0.3) is 5.79 Å². The molecule has 0 saturated carbocycles. The van der Waals surface area contributed by atoms with Crippen LogP contribution in [0.15, 0.2) is 34.3 Å². The number of aliphatic imine (C=N–C) groups is 2. The van der Waals surface area contributed by atoms with Gasteiger partial charge in [-0.05, 0) is 13.8 Å². The van der Waals surface area contributed by atoms with Crippen molar-refractivity contribution in [2.45, 2.75) is 39.1 Å². The van der Waals surface area contributed by atoms with E-state index in [1.54, 1.807) is 6.92 Å². The summed E-state index contributed by atoms with van der Waals surface area (Å²) in [6, 6.07) is 0. The SMILES string of the molecule is C=C(C)C(=O)OCCOC(CC)(OC(=O)C(=C)C)C(N=C=O)N=C=O. The monoisotopic (exact) mass is 352 g/mol. The van der Waals surface area contributed by atoms with Crippen LogP contribution in [0.25, 0.3) is 0 Å². The van der Waals surface area contributed by atoms with Crippen LogP contribution in [0.4, 0.5) is 0 Å². The number of nitrogens with zero attached hydrogens (tertiary/aromatic N) is 2. The van der Waals surface area contributed by atoms with Crippen molar-refractivity contribution < 1.29 is 33.4 Å². The molecule has 0 aromatic rings. The molecule has 1 atom stereocenters. The van der Waals surface area contributed by atoms with E-state index in [4.69, 9.17) is 14.2 Å². The lowest BCUT2D eigenvalue weighted by Gasteiger charge is -2.33. The fourth-order valence-electron chi connectivity index (χ4n) is 1.55. The molecule has 0 radical (unpaired) electrons. The zero-order valence-corrected chi connectivity index (χ0v) is 14.4. The number of hydrogen-bond donors (Lipinski definition) is 0. The quantitative estimate of drug-likeness (QED) is 0.137. The molecule has 0 amide bonds. The van der Waals surface area contributed by atoms with Gasteiger partial charge in [-0.1, -0.05) is 20.1 Å². The van der Waals surface area contributed by atoms with E-state index in [1.165, 1.54) is 26.0 Å². The molecular weight excluding hydrogens is 332 g/mol. The topological polar surface area (TPSA) is 121 Å². The van der Waals surface area contributed by atoms with Crippen LogP contribution in [0.3, 0.4) is 0 Å². The first-order valence-corrected chi connectivity index (χ1v) is 7.23. The Labute approximate surface area is 145 Å². The lowest BCUT2D eigenvalue weighted by molar-refractivity contribution is -0.242. The zero-order chi connectivity index (χ0) is 19.5. The van der Waals surface area contributed by atoms with Crippen LogP contribution in [0, 0.1) is 0 Å². The number of ether oxygens (including phenoxy) is 3. The Bertz CT molecular complexity index is 612. The molecule has 0 heterocycles. The molecule has 0 saturated heterocycles. The smallest absolute Gasteiger partial charge is 0.335 e. The predicted molar refractivity (Wildman–Crippen MR) is 85.7 cm³/mol. The van der Waals surface area contributed by atoms with Gasteiger partial charge in [0.2, 0.25) is 18.3 Å². The fourth-order valence-corrected chi connectivity index (χ4v) is 1.55. The number of rotatable bonds is 11. The molecule has 9 nitrogen and oxygen atoms in total. The third kappa shape index (κ3) is 7.05. The minimum absolute atomic E-state index is 0.0263. The van der Waals surface area contributed by atoms with Gasteiger partial charge in [0.15, 0.2) is 0 Å². The molecule has 25 heavy (non-hydrogen) atoms. The average Bonchev–Trinajstić information content (AvgIpc) is 2.56. The molecule has 0 spiro atoms. The first-order chi connectivity index (χ1) is 11.7. The number of carbonyl (C=O) groups excluding carboxylic acids is 4. The van der Waals surface area contributed by atoms with Crippen molar-refractivity contribution in [1.29, 1.82) is 0 Å². The van der Waals surface area contributed by atoms with Crippen molar-refractivity contribution >= 4 is 24.1 Å². The minimum Gasteiger partial charge on any atom is -0.460 e. The van der Waals surface area contributed by atoms with Crippen molar-refractivity contribution in [3.8, 4) is 0 Å². The Hall–Kier alpha value is -2.86. The van der Waals surface area contributed by atoms with Gasteiger partial charge in [0.05, 0.1) is 6.61 Å². The van der Waals surface area contributed by atoms with Crippen LogP contribution in [0.1, 0.15) is 27.2 Å². The third-order valence-electron chi connectivity index (χ3n) is 2.86. The van der Waals surface area contributed by atoms with E-state index in [-0.39, 0.29) is 30.8 Å². The summed E-state index contributed by atoms with van der Waals surface area (Å²) in [5, 5.41) is 0. The fraction of sp³-hybridized carbons (Fsp3) is 0.500. The highest BCUT2D eigenvalue weighted by atomic mass is 16.7. The van der Waals surface area contributed by atoms with Crippen LogP contribution >= 0.6 is 0 Å². The molecule has 1 unspecified atom stereocenters. The summed E-state index contributed by atoms with van der Waals surface area (Å²) in [6.45, 7) is 10.9. The van der Waals surface area contributed by atoms with Gasteiger partial charge in [0, 0.05) is 17.6 Å². The maximum atomic E-state index is 11.9. The Balaban J connectivity index is 5.40. The maximum Gasteiger partial charge on any atom is 0.335 e. The van der Waals surface area contributed by atoms with E-state index < -0.39 is 23.9 Å². The van der Waals surface area contributed by atoms with Gasteiger partial charge in [-0.2, -0.15) is 9.98 Å². The number of hydrogen-bond acceptors (Lipinski definition) is 9. The Kier molecular flexibility index (Phi) is 9.59. The minimum atomic E-state index is -1.89. The van der Waals surface area contributed by atoms with E-state index in [2.05, 4.69) is 23.1 Å². The first-order valence-electron chi connectivity index (χ1n) is 7.23. The summed E-state index contributed by atoms with van der Waals surface area (Å²) >= 11 is 0. The summed E-state index contributed by atoms with van der Waals surface area (Å²) < 4.78 is 15.5. The largest absolute Gasteiger partial charge is 0.460 e. The summed E-state index contributed by atoms with van der Waals surface area (Å²) in [5.74, 6) is -3.36. The normalized spacial score (nSPS) is 13.2. The summed E-state index contributed by atoms with van der Waals surface area (Å²) in [5.41, 5.74) is 0.253. The Morgan fingerprint density at radius 2 is 1.56 bits per heavy atom. The number of esters is 2. The standard InChI is InChI=1S/C16H20N2O7/c1-6-16(25-14(22)12(4)5,15(17-9-19)18-10-20)24-8-7-23-13(21)11(2)3/h15H,2,4,6-8H2,1,3,5H3. The second kappa shape index (κ2) is 10.8. The summed E-state index contributed by atoms with van der Waals surface area (Å²) in [7, 11) is 0. The van der Waals surface area contributed by atoms with Gasteiger partial charge in [-0.15, -0.1) is 0 Å². The van der Waals surface area contributed by atoms with E-state index in [0.29, 0.717) is 0 Å². The molecule has 0 aliphatic heterocycles. The molecule has 0 bridgehead atoms. The predicted octanol–water partition coefficient (Wildman–Crippen LogP) is 1.35. The van der Waals surface area contributed by atoms with Crippen LogP contribution in [-0.4, -0.2) is 49.3 Å². The number of isocyanates is 2. The number of carbonyl (C=O) groups is 2. The lowest BCUT2D eigenvalue weighted by atomic mass is 10.1. The highest BCUT2D eigenvalue weighted by Gasteiger charge is 2.43. The second-order valence-electron chi connectivity index (χ2n) is 4.91. The van der Waals surface area contributed by atoms with Crippen molar-refractivity contribution in [1.82, 2.24) is 0 Å². The molecule has 0 aliphatic carbocycles. The average molecular weight is 352 g/mol. The zero-order valence-electron chi connectivity index (χ0n) is 14.4. The van der Waals surface area contributed by atoms with Gasteiger partial charge >= 0.3 is 11.9 Å². The van der Waals surface area contributed by atoms with Crippen LogP contribution in [0.2, 0.25) is 0 Å². The molecule has 136 valence electrons. The van der Waals surface area contributed by atoms with E-state index in [1.807, 2.05) is 0 Å². The molecule has 0 aliphatic rings. The third-order valence-corrected chi connectivity index (χ3v) is 2.86. The highest BCUT2D eigenvalue weighted by Crippen LogP contribution is 2.27. The van der Waals surface area contributed by atoms with E-state index >= 15 is 0 Å². The molecule has 0 N–H and O–H groups in total. The first kappa shape index (κ1) is 22.1. The van der Waals surface area contributed by atoms with Gasteiger partial charge in [-0.25, -0.2) is 19.2 Å². The van der Waals surface area contributed by atoms with Crippen molar-refractivity contribution in [3.63, 3.8) is 0 Å². The van der Waals surface area contributed by atoms with Crippen molar-refractivity contribution in [2.75, 3.05) is 13.2 Å². The molecule has 0 aromatic carbocycles.